The van der Waals surface area contributed by atoms with Crippen LogP contribution < -0.4 is 10.1 Å². The van der Waals surface area contributed by atoms with E-state index in [1.165, 1.54) is 12.1 Å². The summed E-state index contributed by atoms with van der Waals surface area (Å²) in [7, 11) is 0. The Kier molecular flexibility index (Phi) is 4.34. The molecule has 1 unspecified atom stereocenters. The molecule has 2 aliphatic rings. The average Bonchev–Trinajstić information content (AvgIpc) is 2.61. The maximum Gasteiger partial charge on any atom is 0.416 e. The molecule has 2 aliphatic heterocycles. The van der Waals surface area contributed by atoms with Gasteiger partial charge < -0.3 is 10.1 Å². The molecule has 7 heteroatoms. The van der Waals surface area contributed by atoms with Gasteiger partial charge in [-0.15, -0.1) is 0 Å². The fourth-order valence-corrected chi connectivity index (χ4v) is 3.86. The highest BCUT2D eigenvalue weighted by atomic mass is 19.4. The Labute approximate surface area is 154 Å². The van der Waals surface area contributed by atoms with Crippen molar-refractivity contribution in [2.75, 3.05) is 13.1 Å². The minimum absolute atomic E-state index is 0.151. The Bertz CT molecular complexity index is 868. The van der Waals surface area contributed by atoms with Crippen LogP contribution in [-0.2, 0) is 12.7 Å². The van der Waals surface area contributed by atoms with Gasteiger partial charge in [-0.05, 0) is 36.7 Å². The number of piperidine rings is 1. The van der Waals surface area contributed by atoms with E-state index in [1.54, 1.807) is 30.3 Å². The summed E-state index contributed by atoms with van der Waals surface area (Å²) in [5.74, 6) is 0.299. The van der Waals surface area contributed by atoms with E-state index in [9.17, 15) is 18.0 Å². The first-order valence-electron chi connectivity index (χ1n) is 8.84. The predicted octanol–water partition coefficient (Wildman–Crippen LogP) is 3.82. The van der Waals surface area contributed by atoms with Crippen LogP contribution in [0.1, 0.15) is 34.3 Å². The van der Waals surface area contributed by atoms with Crippen molar-refractivity contribution in [2.45, 2.75) is 31.3 Å². The Morgan fingerprint density at radius 2 is 1.85 bits per heavy atom. The van der Waals surface area contributed by atoms with Crippen LogP contribution in [0.3, 0.4) is 0 Å². The molecule has 142 valence electrons. The fourth-order valence-electron chi connectivity index (χ4n) is 3.86. The van der Waals surface area contributed by atoms with Gasteiger partial charge in [-0.1, -0.05) is 30.3 Å². The Morgan fingerprint density at radius 1 is 1.11 bits per heavy atom. The number of para-hydroxylation sites is 1. The molecular formula is C20H19F3N2O2. The minimum atomic E-state index is -4.39. The number of fused-ring (bicyclic) bond motifs is 1. The number of alkyl halides is 3. The monoisotopic (exact) mass is 376 g/mol. The number of hydrogen-bond acceptors (Lipinski definition) is 3. The van der Waals surface area contributed by atoms with E-state index in [0.29, 0.717) is 30.8 Å². The number of hydrogen-bond donors (Lipinski definition) is 1. The highest BCUT2D eigenvalue weighted by Gasteiger charge is 2.43. The third-order valence-corrected chi connectivity index (χ3v) is 5.03. The summed E-state index contributed by atoms with van der Waals surface area (Å²) >= 11 is 0. The van der Waals surface area contributed by atoms with Gasteiger partial charge in [0.1, 0.15) is 5.75 Å². The second-order valence-corrected chi connectivity index (χ2v) is 7.02. The molecule has 0 saturated carbocycles. The van der Waals surface area contributed by atoms with Crippen LogP contribution in [0.4, 0.5) is 13.2 Å². The van der Waals surface area contributed by atoms with Crippen molar-refractivity contribution in [1.82, 2.24) is 10.2 Å². The number of carbonyl (C=O) groups excluding carboxylic acids is 1. The maximum atomic E-state index is 13.3. The number of nitrogens with zero attached hydrogens (tertiary/aromatic N) is 1. The van der Waals surface area contributed by atoms with Crippen molar-refractivity contribution >= 4 is 5.91 Å². The lowest BCUT2D eigenvalue weighted by atomic mass is 9.97. The molecule has 1 spiro atoms. The van der Waals surface area contributed by atoms with Crippen LogP contribution in [0.25, 0.3) is 0 Å². The van der Waals surface area contributed by atoms with Crippen molar-refractivity contribution in [3.63, 3.8) is 0 Å². The quantitative estimate of drug-likeness (QED) is 0.867. The summed E-state index contributed by atoms with van der Waals surface area (Å²) in [4.78, 5) is 14.4. The zero-order chi connectivity index (χ0) is 19.1. The summed E-state index contributed by atoms with van der Waals surface area (Å²) in [5.41, 5.74) is -0.826. The highest BCUT2D eigenvalue weighted by Crippen LogP contribution is 2.35. The molecule has 2 heterocycles. The normalized spacial score (nSPS) is 22.9. The zero-order valence-electron chi connectivity index (χ0n) is 14.6. The lowest BCUT2D eigenvalue weighted by Crippen LogP contribution is -2.64. The summed E-state index contributed by atoms with van der Waals surface area (Å²) in [5, 5.41) is 2.92. The molecule has 2 aromatic rings. The fraction of sp³-hybridized carbons (Fsp3) is 0.350. The molecule has 0 aromatic heterocycles. The standard InChI is InChI=1S/C20H19F3N2O2/c21-20(22,23)16-8-3-1-6-14(16)12-25-11-5-10-19(13-25)24-18(26)15-7-2-4-9-17(15)27-19/h1-4,6-9H,5,10-13H2,(H,24,26). The number of benzene rings is 2. The van der Waals surface area contributed by atoms with E-state index in [0.717, 1.165) is 12.5 Å². The lowest BCUT2D eigenvalue weighted by Gasteiger charge is -2.45. The van der Waals surface area contributed by atoms with E-state index in [2.05, 4.69) is 5.32 Å². The molecule has 1 atom stereocenters. The second kappa shape index (κ2) is 6.56. The van der Waals surface area contributed by atoms with E-state index in [-0.39, 0.29) is 18.0 Å². The van der Waals surface area contributed by atoms with Gasteiger partial charge in [0.15, 0.2) is 5.72 Å². The first kappa shape index (κ1) is 17.9. The van der Waals surface area contributed by atoms with Crippen molar-refractivity contribution in [1.29, 1.82) is 0 Å². The van der Waals surface area contributed by atoms with Crippen LogP contribution >= 0.6 is 0 Å². The van der Waals surface area contributed by atoms with Crippen molar-refractivity contribution < 1.29 is 22.7 Å². The van der Waals surface area contributed by atoms with Gasteiger partial charge in [-0.2, -0.15) is 13.2 Å². The predicted molar refractivity (Wildman–Crippen MR) is 93.2 cm³/mol. The van der Waals surface area contributed by atoms with Crippen molar-refractivity contribution in [3.8, 4) is 5.75 Å². The van der Waals surface area contributed by atoms with E-state index >= 15 is 0 Å². The number of rotatable bonds is 2. The van der Waals surface area contributed by atoms with Crippen LogP contribution in [0.5, 0.6) is 5.75 Å². The van der Waals surface area contributed by atoms with E-state index < -0.39 is 17.5 Å². The average molecular weight is 376 g/mol. The molecule has 4 rings (SSSR count). The number of halogens is 3. The Balaban J connectivity index is 1.56. The number of nitrogens with one attached hydrogen (secondary N) is 1. The SMILES string of the molecule is O=C1NC2(CCCN(Cc3ccccc3C(F)(F)F)C2)Oc2ccccc21. The van der Waals surface area contributed by atoms with Crippen LogP contribution in [-0.4, -0.2) is 29.6 Å². The molecule has 0 bridgehead atoms. The molecule has 2 aromatic carbocycles. The van der Waals surface area contributed by atoms with Crippen molar-refractivity contribution in [2.24, 2.45) is 0 Å². The molecular weight excluding hydrogens is 357 g/mol. The van der Waals surface area contributed by atoms with Crippen LogP contribution in [0.15, 0.2) is 48.5 Å². The molecule has 4 nitrogen and oxygen atoms in total. The first-order chi connectivity index (χ1) is 12.9. The molecule has 1 N–H and O–H groups in total. The Hall–Kier alpha value is -2.54. The smallest absolute Gasteiger partial charge is 0.416 e. The van der Waals surface area contributed by atoms with Crippen LogP contribution in [0.2, 0.25) is 0 Å². The first-order valence-corrected chi connectivity index (χ1v) is 8.84. The summed E-state index contributed by atoms with van der Waals surface area (Å²) in [6.45, 7) is 1.13. The maximum absolute atomic E-state index is 13.3. The zero-order valence-corrected chi connectivity index (χ0v) is 14.6. The third kappa shape index (κ3) is 3.51. The number of ether oxygens (including phenoxy) is 1. The van der Waals surface area contributed by atoms with Gasteiger partial charge in [0, 0.05) is 13.0 Å². The van der Waals surface area contributed by atoms with Gasteiger partial charge >= 0.3 is 6.18 Å². The topological polar surface area (TPSA) is 41.6 Å². The second-order valence-electron chi connectivity index (χ2n) is 7.02. The van der Waals surface area contributed by atoms with Gasteiger partial charge in [0.25, 0.3) is 5.91 Å². The minimum Gasteiger partial charge on any atom is -0.466 e. The Morgan fingerprint density at radius 3 is 2.67 bits per heavy atom. The summed E-state index contributed by atoms with van der Waals surface area (Å²) in [6, 6.07) is 12.6. The lowest BCUT2D eigenvalue weighted by molar-refractivity contribution is -0.138. The third-order valence-electron chi connectivity index (χ3n) is 5.03. The van der Waals surface area contributed by atoms with Gasteiger partial charge in [0.05, 0.1) is 17.7 Å². The molecule has 1 saturated heterocycles. The van der Waals surface area contributed by atoms with Crippen molar-refractivity contribution in [3.05, 3.63) is 65.2 Å². The number of amides is 1. The van der Waals surface area contributed by atoms with Gasteiger partial charge in [-0.25, -0.2) is 0 Å². The van der Waals surface area contributed by atoms with E-state index in [4.69, 9.17) is 4.74 Å². The summed E-state index contributed by atoms with van der Waals surface area (Å²) in [6.07, 6.45) is -3.06. The molecule has 1 amide bonds. The molecule has 1 fully saturated rings. The number of likely N-dealkylation sites (tertiary alicyclic amines) is 1. The van der Waals surface area contributed by atoms with Crippen LogP contribution in [0, 0.1) is 0 Å². The molecule has 0 radical (unpaired) electrons. The number of carbonyl (C=O) groups is 1. The highest BCUT2D eigenvalue weighted by molar-refractivity contribution is 5.98. The molecule has 27 heavy (non-hydrogen) atoms. The largest absolute Gasteiger partial charge is 0.466 e. The van der Waals surface area contributed by atoms with E-state index in [1.807, 2.05) is 4.90 Å². The van der Waals surface area contributed by atoms with Gasteiger partial charge in [-0.3, -0.25) is 9.69 Å². The summed E-state index contributed by atoms with van der Waals surface area (Å²) < 4.78 is 45.9. The van der Waals surface area contributed by atoms with Gasteiger partial charge in [0.2, 0.25) is 0 Å². The molecule has 0 aliphatic carbocycles.